The molecular weight excluding hydrogens is 444 g/mol. The summed E-state index contributed by atoms with van der Waals surface area (Å²) in [5.41, 5.74) is 4.68. The molecule has 36 heavy (non-hydrogen) atoms. The Balaban J connectivity index is 1.59. The summed E-state index contributed by atoms with van der Waals surface area (Å²) in [7, 11) is 0. The summed E-state index contributed by atoms with van der Waals surface area (Å²) in [6, 6.07) is 16.8. The normalized spacial score (nSPS) is 19.7. The number of nitrogens with one attached hydrogen (secondary N) is 2. The molecule has 2 amide bonds. The van der Waals surface area contributed by atoms with Crippen LogP contribution in [0.2, 0.25) is 0 Å². The van der Waals surface area contributed by atoms with E-state index in [-0.39, 0.29) is 35.7 Å². The third-order valence-electron chi connectivity index (χ3n) is 7.46. The zero-order valence-electron chi connectivity index (χ0n) is 23.1. The van der Waals surface area contributed by atoms with Gasteiger partial charge in [-0.1, -0.05) is 89.1 Å². The molecule has 2 aromatic carbocycles. The highest BCUT2D eigenvalue weighted by atomic mass is 16.2. The van der Waals surface area contributed by atoms with Gasteiger partial charge in [0.15, 0.2) is 0 Å². The minimum atomic E-state index is -0.223. The Kier molecular flexibility index (Phi) is 10.2. The lowest BCUT2D eigenvalue weighted by molar-refractivity contribution is -0.126. The Hall–Kier alpha value is -2.62. The van der Waals surface area contributed by atoms with Gasteiger partial charge in [0.2, 0.25) is 11.8 Å². The molecule has 0 radical (unpaired) electrons. The van der Waals surface area contributed by atoms with E-state index in [1.807, 2.05) is 13.8 Å². The second-order valence-electron chi connectivity index (χ2n) is 11.6. The molecule has 196 valence electrons. The van der Waals surface area contributed by atoms with Crippen LogP contribution in [-0.4, -0.2) is 23.9 Å². The highest BCUT2D eigenvalue weighted by Crippen LogP contribution is 2.24. The molecule has 2 aromatic rings. The van der Waals surface area contributed by atoms with Crippen LogP contribution in [-0.2, 0) is 22.4 Å². The van der Waals surface area contributed by atoms with Crippen molar-refractivity contribution in [1.29, 1.82) is 0 Å². The monoisotopic (exact) mass is 490 g/mol. The molecular formula is C32H46N2O2. The molecule has 0 aromatic heterocycles. The summed E-state index contributed by atoms with van der Waals surface area (Å²) in [5.74, 6) is 0.848. The molecule has 4 nitrogen and oxygen atoms in total. The fourth-order valence-corrected chi connectivity index (χ4v) is 5.22. The highest BCUT2D eigenvalue weighted by Gasteiger charge is 2.30. The lowest BCUT2D eigenvalue weighted by Crippen LogP contribution is -2.54. The lowest BCUT2D eigenvalue weighted by Gasteiger charge is -2.34. The third-order valence-corrected chi connectivity index (χ3v) is 7.46. The maximum Gasteiger partial charge on any atom is 0.227 e. The molecule has 4 heteroatoms. The summed E-state index contributed by atoms with van der Waals surface area (Å²) in [6.45, 7) is 12.8. The second kappa shape index (κ2) is 13.1. The first-order valence-electron chi connectivity index (χ1n) is 13.9. The quantitative estimate of drug-likeness (QED) is 0.397. The van der Waals surface area contributed by atoms with Gasteiger partial charge in [0.1, 0.15) is 0 Å². The van der Waals surface area contributed by atoms with Crippen LogP contribution in [0.15, 0.2) is 48.5 Å². The molecule has 4 atom stereocenters. The third kappa shape index (κ3) is 7.94. The van der Waals surface area contributed by atoms with E-state index in [9.17, 15) is 9.59 Å². The first-order chi connectivity index (χ1) is 17.1. The Morgan fingerprint density at radius 2 is 0.972 bits per heavy atom. The standard InChI is InChI=1S/C32H46N2O2/c1-21(2)19-25-11-15-27(16-12-25)23(5)31(35)33-29-9-7-8-10-30(29)34-32(36)24(6)28-17-13-26(14-18-28)20-22(3)4/h11-18,21-24,29-30H,7-10,19-20H2,1-6H3,(H,33,35)(H,34,36). The molecule has 2 N–H and O–H groups in total. The maximum atomic E-state index is 13.1. The van der Waals surface area contributed by atoms with E-state index in [1.165, 1.54) is 11.1 Å². The molecule has 3 rings (SSSR count). The van der Waals surface area contributed by atoms with Crippen LogP contribution >= 0.6 is 0 Å². The van der Waals surface area contributed by atoms with Gasteiger partial charge in [-0.15, -0.1) is 0 Å². The Morgan fingerprint density at radius 1 is 0.639 bits per heavy atom. The second-order valence-corrected chi connectivity index (χ2v) is 11.6. The van der Waals surface area contributed by atoms with Crippen LogP contribution in [0.3, 0.4) is 0 Å². The number of rotatable bonds is 10. The molecule has 4 unspecified atom stereocenters. The fourth-order valence-electron chi connectivity index (χ4n) is 5.22. The molecule has 1 aliphatic rings. The summed E-state index contributed by atoms with van der Waals surface area (Å²) < 4.78 is 0. The van der Waals surface area contributed by atoms with Crippen molar-refractivity contribution in [3.63, 3.8) is 0 Å². The summed E-state index contributed by atoms with van der Waals surface area (Å²) >= 11 is 0. The van der Waals surface area contributed by atoms with Gasteiger partial charge in [0, 0.05) is 12.1 Å². The van der Waals surface area contributed by atoms with Crippen molar-refractivity contribution >= 4 is 11.8 Å². The minimum absolute atomic E-state index is 0.0292. The van der Waals surface area contributed by atoms with Gasteiger partial charge in [-0.3, -0.25) is 9.59 Å². The van der Waals surface area contributed by atoms with Crippen LogP contribution in [0.5, 0.6) is 0 Å². The first kappa shape index (κ1) is 28.0. The van der Waals surface area contributed by atoms with Gasteiger partial charge in [-0.05, 0) is 73.6 Å². The molecule has 0 aliphatic heterocycles. The smallest absolute Gasteiger partial charge is 0.227 e. The number of benzene rings is 2. The largest absolute Gasteiger partial charge is 0.351 e. The van der Waals surface area contributed by atoms with Gasteiger partial charge in [0.25, 0.3) is 0 Å². The zero-order valence-corrected chi connectivity index (χ0v) is 23.1. The number of hydrogen-bond donors (Lipinski definition) is 2. The van der Waals surface area contributed by atoms with Crippen molar-refractivity contribution in [2.75, 3.05) is 0 Å². The fraction of sp³-hybridized carbons (Fsp3) is 0.562. The van der Waals surface area contributed by atoms with Crippen LogP contribution in [0.25, 0.3) is 0 Å². The van der Waals surface area contributed by atoms with Gasteiger partial charge >= 0.3 is 0 Å². The van der Waals surface area contributed by atoms with E-state index in [4.69, 9.17) is 0 Å². The van der Waals surface area contributed by atoms with Crippen molar-refractivity contribution < 1.29 is 9.59 Å². The maximum absolute atomic E-state index is 13.1. The average Bonchev–Trinajstić information content (AvgIpc) is 2.84. The predicted octanol–water partition coefficient (Wildman–Crippen LogP) is 6.53. The summed E-state index contributed by atoms with van der Waals surface area (Å²) in [5, 5.41) is 6.54. The van der Waals surface area contributed by atoms with Gasteiger partial charge in [-0.2, -0.15) is 0 Å². The van der Waals surface area contributed by atoms with E-state index in [0.29, 0.717) is 11.8 Å². The van der Waals surface area contributed by atoms with Crippen molar-refractivity contribution in [2.45, 2.75) is 104 Å². The van der Waals surface area contributed by atoms with Crippen molar-refractivity contribution in [1.82, 2.24) is 10.6 Å². The number of hydrogen-bond acceptors (Lipinski definition) is 2. The summed E-state index contributed by atoms with van der Waals surface area (Å²) in [4.78, 5) is 26.3. The highest BCUT2D eigenvalue weighted by molar-refractivity contribution is 5.85. The van der Waals surface area contributed by atoms with Crippen LogP contribution in [0, 0.1) is 11.8 Å². The Labute approximate surface area is 218 Å². The van der Waals surface area contributed by atoms with Crippen LogP contribution in [0.1, 0.15) is 101 Å². The zero-order chi connectivity index (χ0) is 26.2. The molecule has 0 spiro atoms. The molecule has 1 aliphatic carbocycles. The van der Waals surface area contributed by atoms with Crippen LogP contribution < -0.4 is 10.6 Å². The van der Waals surface area contributed by atoms with Crippen molar-refractivity contribution in [3.05, 3.63) is 70.8 Å². The van der Waals surface area contributed by atoms with Crippen molar-refractivity contribution in [2.24, 2.45) is 11.8 Å². The molecule has 1 saturated carbocycles. The van der Waals surface area contributed by atoms with Gasteiger partial charge in [-0.25, -0.2) is 0 Å². The first-order valence-corrected chi connectivity index (χ1v) is 13.9. The molecule has 0 heterocycles. The molecule has 0 bridgehead atoms. The van der Waals surface area contributed by atoms with E-state index >= 15 is 0 Å². The topological polar surface area (TPSA) is 58.2 Å². The number of carbonyl (C=O) groups excluding carboxylic acids is 2. The number of amides is 2. The van der Waals surface area contributed by atoms with Crippen molar-refractivity contribution in [3.8, 4) is 0 Å². The van der Waals surface area contributed by atoms with Gasteiger partial charge in [0.05, 0.1) is 11.8 Å². The number of carbonyl (C=O) groups is 2. The van der Waals surface area contributed by atoms with Gasteiger partial charge < -0.3 is 10.6 Å². The molecule has 1 fully saturated rings. The van der Waals surface area contributed by atoms with E-state index in [2.05, 4.69) is 86.9 Å². The SMILES string of the molecule is CC(C)Cc1ccc(C(C)C(=O)NC2CCCCC2NC(=O)C(C)c2ccc(CC(C)C)cc2)cc1. The summed E-state index contributed by atoms with van der Waals surface area (Å²) in [6.07, 6.45) is 6.03. The predicted molar refractivity (Wildman–Crippen MR) is 149 cm³/mol. The van der Waals surface area contributed by atoms with E-state index in [1.54, 1.807) is 0 Å². The average molecular weight is 491 g/mol. The Bertz CT molecular complexity index is 897. The van der Waals surface area contributed by atoms with Crippen LogP contribution in [0.4, 0.5) is 0 Å². The molecule has 0 saturated heterocycles. The lowest BCUT2D eigenvalue weighted by atomic mass is 9.88. The Morgan fingerprint density at radius 3 is 1.28 bits per heavy atom. The van der Waals surface area contributed by atoms with E-state index < -0.39 is 0 Å². The minimum Gasteiger partial charge on any atom is -0.351 e. The van der Waals surface area contributed by atoms with E-state index in [0.717, 1.165) is 49.7 Å².